The molecule has 43 heavy (non-hydrogen) atoms. The van der Waals surface area contributed by atoms with Crippen LogP contribution >= 0.6 is 22.9 Å². The van der Waals surface area contributed by atoms with E-state index in [0.29, 0.717) is 76.8 Å². The number of ether oxygens (including phenoxy) is 1. The summed E-state index contributed by atoms with van der Waals surface area (Å²) in [7, 11) is 0. The van der Waals surface area contributed by atoms with Gasteiger partial charge in [-0.05, 0) is 63.2 Å². The van der Waals surface area contributed by atoms with Crippen molar-refractivity contribution < 1.29 is 18.3 Å². The number of aromatic nitrogens is 3. The Morgan fingerprint density at radius 1 is 1.19 bits per heavy atom. The third-order valence-electron chi connectivity index (χ3n) is 6.80. The van der Waals surface area contributed by atoms with Gasteiger partial charge in [0.05, 0.1) is 34.8 Å². The van der Waals surface area contributed by atoms with Gasteiger partial charge in [0.1, 0.15) is 16.5 Å². The minimum Gasteiger partial charge on any atom is -0.492 e. The van der Waals surface area contributed by atoms with E-state index in [1.165, 1.54) is 34.2 Å². The molecular formula is C31H30ClF2N5O3S. The fraction of sp³-hybridized carbons (Fsp3) is 0.290. The molecule has 0 saturated carbocycles. The van der Waals surface area contributed by atoms with E-state index in [4.69, 9.17) is 16.3 Å². The van der Waals surface area contributed by atoms with Crippen LogP contribution in [0.5, 0.6) is 5.75 Å². The van der Waals surface area contributed by atoms with E-state index in [2.05, 4.69) is 15.3 Å². The number of halogens is 3. The summed E-state index contributed by atoms with van der Waals surface area (Å²) < 4.78 is 33.4. The van der Waals surface area contributed by atoms with Gasteiger partial charge in [0.2, 0.25) is 0 Å². The molecule has 224 valence electrons. The molecule has 4 aromatic rings. The van der Waals surface area contributed by atoms with Gasteiger partial charge in [-0.2, -0.15) is 0 Å². The molecular weight excluding hydrogens is 596 g/mol. The topological polar surface area (TPSA) is 89.3 Å². The minimum atomic E-state index is -2.68. The summed E-state index contributed by atoms with van der Waals surface area (Å²) >= 11 is 7.64. The van der Waals surface area contributed by atoms with Crippen molar-refractivity contribution in [2.45, 2.75) is 27.2 Å². The van der Waals surface area contributed by atoms with Gasteiger partial charge in [-0.3, -0.25) is 19.1 Å². The fourth-order valence-electron chi connectivity index (χ4n) is 4.81. The molecule has 0 atom stereocenters. The third kappa shape index (κ3) is 6.53. The highest BCUT2D eigenvalue weighted by molar-refractivity contribution is 7.13. The molecule has 0 spiro atoms. The first-order valence-electron chi connectivity index (χ1n) is 13.8. The molecule has 1 aliphatic rings. The molecule has 0 unspecified atom stereocenters. The van der Waals surface area contributed by atoms with E-state index in [-0.39, 0.29) is 17.2 Å². The standard InChI is InChI=1S/C31H30ClF2N5O3S/c1-4-42-27-8-6-20(32)14-26(27)39-25(13-18(2)3)21(30(40)38-11-9-35-10-12-38)15-22(31(39)41)29-37-24(17-43-29)19-5-7-23(28(33)34)36-16-19/h5-8,13-17,28,35H,4,9-12H2,1-3H3. The number of allylic oxidation sites excluding steroid dienone is 1. The van der Waals surface area contributed by atoms with Gasteiger partial charge in [-0.1, -0.05) is 17.2 Å². The maximum Gasteiger partial charge on any atom is 0.280 e. The number of benzene rings is 1. The highest BCUT2D eigenvalue weighted by Crippen LogP contribution is 2.33. The van der Waals surface area contributed by atoms with Gasteiger partial charge in [0.15, 0.2) is 0 Å². The zero-order valence-electron chi connectivity index (χ0n) is 23.9. The Bertz CT molecular complexity index is 1730. The van der Waals surface area contributed by atoms with Crippen molar-refractivity contribution in [3.63, 3.8) is 0 Å². The number of piperazine rings is 1. The second-order valence-corrected chi connectivity index (χ2v) is 11.4. The maximum atomic E-state index is 14.4. The number of rotatable bonds is 8. The molecule has 1 amide bonds. The van der Waals surface area contributed by atoms with Crippen LogP contribution in [-0.2, 0) is 0 Å². The Balaban J connectivity index is 1.76. The smallest absolute Gasteiger partial charge is 0.280 e. The summed E-state index contributed by atoms with van der Waals surface area (Å²) in [5, 5.41) is 5.75. The van der Waals surface area contributed by atoms with Gasteiger partial charge < -0.3 is 15.0 Å². The monoisotopic (exact) mass is 625 g/mol. The van der Waals surface area contributed by atoms with Crippen molar-refractivity contribution in [2.75, 3.05) is 32.8 Å². The second-order valence-electron chi connectivity index (χ2n) is 10.1. The zero-order valence-corrected chi connectivity index (χ0v) is 25.4. The van der Waals surface area contributed by atoms with Gasteiger partial charge in [-0.15, -0.1) is 11.3 Å². The molecule has 0 aliphatic carbocycles. The maximum absolute atomic E-state index is 14.4. The summed E-state index contributed by atoms with van der Waals surface area (Å²) in [6, 6.07) is 9.38. The summed E-state index contributed by atoms with van der Waals surface area (Å²) in [6.07, 6.45) is 0.453. The zero-order chi connectivity index (χ0) is 30.7. The molecule has 5 rings (SSSR count). The quantitative estimate of drug-likeness (QED) is 0.241. The Morgan fingerprint density at radius 3 is 2.60 bits per heavy atom. The Kier molecular flexibility index (Phi) is 9.34. The number of nitrogens with zero attached hydrogens (tertiary/aromatic N) is 4. The van der Waals surface area contributed by atoms with Gasteiger partial charge in [-0.25, -0.2) is 13.8 Å². The van der Waals surface area contributed by atoms with Crippen LogP contribution in [0.2, 0.25) is 5.02 Å². The van der Waals surface area contributed by atoms with E-state index in [0.717, 1.165) is 5.57 Å². The predicted octanol–water partition coefficient (Wildman–Crippen LogP) is 6.48. The van der Waals surface area contributed by atoms with Crippen molar-refractivity contribution >= 4 is 34.9 Å². The van der Waals surface area contributed by atoms with Crippen LogP contribution in [-0.4, -0.2) is 58.1 Å². The summed E-state index contributed by atoms with van der Waals surface area (Å²) in [4.78, 5) is 38.8. The molecule has 0 radical (unpaired) electrons. The molecule has 3 aromatic heterocycles. The third-order valence-corrected chi connectivity index (χ3v) is 7.91. The van der Waals surface area contributed by atoms with E-state index < -0.39 is 12.0 Å². The number of alkyl halides is 2. The lowest BCUT2D eigenvalue weighted by molar-refractivity contribution is 0.0735. The van der Waals surface area contributed by atoms with Crippen LogP contribution in [0.3, 0.4) is 0 Å². The highest BCUT2D eigenvalue weighted by atomic mass is 35.5. The average molecular weight is 626 g/mol. The molecule has 1 N–H and O–H groups in total. The van der Waals surface area contributed by atoms with E-state index in [9.17, 15) is 18.4 Å². The fourth-order valence-corrected chi connectivity index (χ4v) is 5.81. The lowest BCUT2D eigenvalue weighted by Crippen LogP contribution is -2.47. The first-order chi connectivity index (χ1) is 20.7. The average Bonchev–Trinajstić information content (AvgIpc) is 3.48. The predicted molar refractivity (Wildman–Crippen MR) is 166 cm³/mol. The number of hydrogen-bond acceptors (Lipinski definition) is 7. The van der Waals surface area contributed by atoms with E-state index in [1.807, 2.05) is 20.8 Å². The van der Waals surface area contributed by atoms with Gasteiger partial charge in [0, 0.05) is 48.3 Å². The number of carbonyl (C=O) groups excluding carboxylic acids is 1. The second kappa shape index (κ2) is 13.2. The van der Waals surface area contributed by atoms with Crippen LogP contribution in [0.25, 0.3) is 33.6 Å². The molecule has 1 saturated heterocycles. The highest BCUT2D eigenvalue weighted by Gasteiger charge is 2.27. The molecule has 8 nitrogen and oxygen atoms in total. The molecule has 1 aromatic carbocycles. The summed E-state index contributed by atoms with van der Waals surface area (Å²) in [5.41, 5.74) is 2.47. The van der Waals surface area contributed by atoms with Crippen molar-refractivity contribution in [1.29, 1.82) is 0 Å². The number of hydrogen-bond donors (Lipinski definition) is 1. The Hall–Kier alpha value is -3.93. The molecule has 12 heteroatoms. The van der Waals surface area contributed by atoms with Crippen molar-refractivity contribution in [1.82, 2.24) is 24.8 Å². The first-order valence-corrected chi connectivity index (χ1v) is 15.0. The number of carbonyl (C=O) groups is 1. The molecule has 0 bridgehead atoms. The van der Waals surface area contributed by atoms with Crippen LogP contribution in [0, 0.1) is 0 Å². The van der Waals surface area contributed by atoms with Crippen molar-refractivity contribution in [3.8, 4) is 33.3 Å². The van der Waals surface area contributed by atoms with Crippen LogP contribution in [0.4, 0.5) is 8.78 Å². The summed E-state index contributed by atoms with van der Waals surface area (Å²) in [5.74, 6) is 0.215. The number of pyridine rings is 2. The molecule has 1 fully saturated rings. The van der Waals surface area contributed by atoms with Crippen LogP contribution in [0.1, 0.15) is 48.9 Å². The van der Waals surface area contributed by atoms with E-state index in [1.54, 1.807) is 40.6 Å². The number of nitrogens with one attached hydrogen (secondary N) is 1. The summed E-state index contributed by atoms with van der Waals surface area (Å²) in [6.45, 7) is 8.33. The first kappa shape index (κ1) is 30.5. The SMILES string of the molecule is CCOc1ccc(Cl)cc1-n1c(C=C(C)C)c(C(=O)N2CCNCC2)cc(-c2nc(-c3ccc(C(F)F)nc3)cs2)c1=O. The van der Waals surface area contributed by atoms with Crippen molar-refractivity contribution in [3.05, 3.63) is 85.9 Å². The number of amides is 1. The van der Waals surface area contributed by atoms with E-state index >= 15 is 0 Å². The van der Waals surface area contributed by atoms with Crippen molar-refractivity contribution in [2.24, 2.45) is 0 Å². The Labute approximate surface area is 256 Å². The lowest BCUT2D eigenvalue weighted by atomic mass is 10.0. The van der Waals surface area contributed by atoms with Crippen LogP contribution in [0.15, 0.2) is 58.3 Å². The van der Waals surface area contributed by atoms with Gasteiger partial charge in [0.25, 0.3) is 17.9 Å². The minimum absolute atomic E-state index is 0.209. The lowest BCUT2D eigenvalue weighted by Gasteiger charge is -2.29. The van der Waals surface area contributed by atoms with Gasteiger partial charge >= 0.3 is 0 Å². The number of thiazole rings is 1. The molecule has 4 heterocycles. The normalized spacial score (nSPS) is 13.3. The Morgan fingerprint density at radius 2 is 1.95 bits per heavy atom. The van der Waals surface area contributed by atoms with Crippen LogP contribution < -0.4 is 15.6 Å². The molecule has 1 aliphatic heterocycles. The largest absolute Gasteiger partial charge is 0.492 e.